The second-order valence-corrected chi connectivity index (χ2v) is 5.87. The topological polar surface area (TPSA) is 81.7 Å². The number of imidazole rings is 1. The molecule has 0 atom stereocenters. The predicted molar refractivity (Wildman–Crippen MR) is 94.3 cm³/mol. The summed E-state index contributed by atoms with van der Waals surface area (Å²) in [5.74, 6) is 1.43. The van der Waals surface area contributed by atoms with Gasteiger partial charge in [-0.25, -0.2) is 15.0 Å². The van der Waals surface area contributed by atoms with Gasteiger partial charge < -0.3 is 15.6 Å². The maximum atomic E-state index is 5.90. The Labute approximate surface area is 135 Å². The largest absolute Gasteiger partial charge is 0.399 e. The Kier molecular flexibility index (Phi) is 4.14. The standard InChI is InChI=1S/C17H22N6/c1-4-8-19-16-14-17(23(10-20-14)11(2)3)22-15(21-16)12-6-5-7-13(18)9-12/h5-7,9-11H,4,8,18H2,1-3H3,(H,19,21,22). The molecule has 6 nitrogen and oxygen atoms in total. The van der Waals surface area contributed by atoms with Gasteiger partial charge in [-0.3, -0.25) is 0 Å². The molecule has 3 aromatic rings. The van der Waals surface area contributed by atoms with Gasteiger partial charge in [-0.2, -0.15) is 0 Å². The molecule has 3 N–H and O–H groups in total. The van der Waals surface area contributed by atoms with E-state index in [2.05, 4.69) is 40.6 Å². The van der Waals surface area contributed by atoms with Crippen molar-refractivity contribution < 1.29 is 0 Å². The molecule has 2 aromatic heterocycles. The molecule has 0 saturated carbocycles. The van der Waals surface area contributed by atoms with Crippen molar-refractivity contribution in [2.24, 2.45) is 0 Å². The van der Waals surface area contributed by atoms with Crippen LogP contribution in [0.1, 0.15) is 33.2 Å². The average Bonchev–Trinajstić information content (AvgIpc) is 2.96. The molecule has 0 amide bonds. The fraction of sp³-hybridized carbons (Fsp3) is 0.353. The number of rotatable bonds is 5. The van der Waals surface area contributed by atoms with E-state index >= 15 is 0 Å². The van der Waals surface area contributed by atoms with Gasteiger partial charge in [-0.05, 0) is 32.4 Å². The van der Waals surface area contributed by atoms with E-state index in [9.17, 15) is 0 Å². The number of nitrogens with zero attached hydrogens (tertiary/aromatic N) is 4. The number of nitrogen functional groups attached to an aromatic ring is 1. The molecule has 0 aliphatic heterocycles. The number of nitrogens with one attached hydrogen (secondary N) is 1. The highest BCUT2D eigenvalue weighted by atomic mass is 15.2. The molecule has 1 aromatic carbocycles. The molecular weight excluding hydrogens is 288 g/mol. The van der Waals surface area contributed by atoms with E-state index in [1.54, 1.807) is 0 Å². The number of benzene rings is 1. The summed E-state index contributed by atoms with van der Waals surface area (Å²) >= 11 is 0. The molecule has 0 aliphatic carbocycles. The lowest BCUT2D eigenvalue weighted by Crippen LogP contribution is -2.06. The molecule has 0 bridgehead atoms. The third-order valence-corrected chi connectivity index (χ3v) is 3.67. The van der Waals surface area contributed by atoms with E-state index < -0.39 is 0 Å². The molecule has 0 spiro atoms. The second-order valence-electron chi connectivity index (χ2n) is 5.87. The molecule has 120 valence electrons. The van der Waals surface area contributed by atoms with Gasteiger partial charge in [0.1, 0.15) is 5.52 Å². The van der Waals surface area contributed by atoms with Crippen LogP contribution in [0.15, 0.2) is 30.6 Å². The fourth-order valence-electron chi connectivity index (χ4n) is 2.47. The minimum atomic E-state index is 0.280. The molecule has 0 unspecified atom stereocenters. The summed E-state index contributed by atoms with van der Waals surface area (Å²) in [6.45, 7) is 7.19. The van der Waals surface area contributed by atoms with E-state index in [-0.39, 0.29) is 6.04 Å². The van der Waals surface area contributed by atoms with E-state index in [1.165, 1.54) is 0 Å². The minimum Gasteiger partial charge on any atom is -0.399 e. The average molecular weight is 310 g/mol. The summed E-state index contributed by atoms with van der Waals surface area (Å²) in [4.78, 5) is 13.9. The molecule has 0 fully saturated rings. The van der Waals surface area contributed by atoms with Gasteiger partial charge in [0.15, 0.2) is 17.3 Å². The maximum Gasteiger partial charge on any atom is 0.166 e. The first kappa shape index (κ1) is 15.3. The molecule has 0 saturated heterocycles. The van der Waals surface area contributed by atoms with E-state index in [4.69, 9.17) is 10.7 Å². The van der Waals surface area contributed by atoms with Crippen LogP contribution in [0.5, 0.6) is 0 Å². The summed E-state index contributed by atoms with van der Waals surface area (Å²) in [6.07, 6.45) is 2.84. The zero-order valence-corrected chi connectivity index (χ0v) is 13.7. The molecular formula is C17H22N6. The first-order chi connectivity index (χ1) is 11.1. The van der Waals surface area contributed by atoms with Gasteiger partial charge in [-0.15, -0.1) is 0 Å². The minimum absolute atomic E-state index is 0.280. The molecule has 0 aliphatic rings. The summed E-state index contributed by atoms with van der Waals surface area (Å²) in [5.41, 5.74) is 9.15. The van der Waals surface area contributed by atoms with Gasteiger partial charge in [0.2, 0.25) is 0 Å². The van der Waals surface area contributed by atoms with Crippen molar-refractivity contribution in [1.29, 1.82) is 0 Å². The Hall–Kier alpha value is -2.63. The van der Waals surface area contributed by atoms with Gasteiger partial charge in [-0.1, -0.05) is 19.1 Å². The Morgan fingerprint density at radius 2 is 2.09 bits per heavy atom. The number of hydrogen-bond acceptors (Lipinski definition) is 5. The lowest BCUT2D eigenvalue weighted by Gasteiger charge is -2.11. The third kappa shape index (κ3) is 2.97. The SMILES string of the molecule is CCCNc1nc(-c2cccc(N)c2)nc2c1ncn2C(C)C. The molecule has 2 heterocycles. The maximum absolute atomic E-state index is 5.90. The van der Waals surface area contributed by atoms with Crippen LogP contribution in [-0.2, 0) is 0 Å². The van der Waals surface area contributed by atoms with Crippen molar-refractivity contribution in [2.75, 3.05) is 17.6 Å². The van der Waals surface area contributed by atoms with Crippen molar-refractivity contribution in [3.05, 3.63) is 30.6 Å². The normalized spacial score (nSPS) is 11.3. The number of fused-ring (bicyclic) bond motifs is 1. The van der Waals surface area contributed by atoms with E-state index in [1.807, 2.05) is 30.6 Å². The molecule has 3 rings (SSSR count). The van der Waals surface area contributed by atoms with E-state index in [0.29, 0.717) is 11.5 Å². The Morgan fingerprint density at radius 1 is 1.26 bits per heavy atom. The second kappa shape index (κ2) is 6.24. The highest BCUT2D eigenvalue weighted by Crippen LogP contribution is 2.26. The fourth-order valence-corrected chi connectivity index (χ4v) is 2.47. The zero-order chi connectivity index (χ0) is 16.4. The number of hydrogen-bond donors (Lipinski definition) is 2. The van der Waals surface area contributed by atoms with Crippen molar-refractivity contribution in [2.45, 2.75) is 33.2 Å². The summed E-state index contributed by atoms with van der Waals surface area (Å²) in [5, 5.41) is 3.36. The van der Waals surface area contributed by atoms with Crippen LogP contribution in [0.25, 0.3) is 22.6 Å². The van der Waals surface area contributed by atoms with Crippen LogP contribution in [-0.4, -0.2) is 26.1 Å². The number of nitrogens with two attached hydrogens (primary N) is 1. The lowest BCUT2D eigenvalue weighted by atomic mass is 10.2. The quantitative estimate of drug-likeness (QED) is 0.705. The van der Waals surface area contributed by atoms with Crippen LogP contribution in [0.3, 0.4) is 0 Å². The predicted octanol–water partition coefficient (Wildman–Crippen LogP) is 3.48. The van der Waals surface area contributed by atoms with Crippen molar-refractivity contribution >= 4 is 22.7 Å². The summed E-state index contributed by atoms with van der Waals surface area (Å²) in [7, 11) is 0. The first-order valence-corrected chi connectivity index (χ1v) is 7.94. The smallest absolute Gasteiger partial charge is 0.166 e. The zero-order valence-electron chi connectivity index (χ0n) is 13.7. The first-order valence-electron chi connectivity index (χ1n) is 7.94. The van der Waals surface area contributed by atoms with Crippen LogP contribution in [0, 0.1) is 0 Å². The van der Waals surface area contributed by atoms with Crippen molar-refractivity contribution in [1.82, 2.24) is 19.5 Å². The van der Waals surface area contributed by atoms with Gasteiger partial charge >= 0.3 is 0 Å². The van der Waals surface area contributed by atoms with Gasteiger partial charge in [0.05, 0.1) is 6.33 Å². The molecule has 0 radical (unpaired) electrons. The monoisotopic (exact) mass is 310 g/mol. The Morgan fingerprint density at radius 3 is 2.78 bits per heavy atom. The van der Waals surface area contributed by atoms with Crippen LogP contribution in [0.4, 0.5) is 11.5 Å². The van der Waals surface area contributed by atoms with Crippen molar-refractivity contribution in [3.63, 3.8) is 0 Å². The Balaban J connectivity index is 2.19. The highest BCUT2D eigenvalue weighted by Gasteiger charge is 2.15. The summed E-state index contributed by atoms with van der Waals surface area (Å²) < 4.78 is 2.06. The van der Waals surface area contributed by atoms with Gasteiger partial charge in [0.25, 0.3) is 0 Å². The number of aromatic nitrogens is 4. The van der Waals surface area contributed by atoms with Crippen LogP contribution >= 0.6 is 0 Å². The number of anilines is 2. The lowest BCUT2D eigenvalue weighted by molar-refractivity contribution is 0.613. The Bertz CT molecular complexity index is 821. The molecule has 23 heavy (non-hydrogen) atoms. The summed E-state index contributed by atoms with van der Waals surface area (Å²) in [6, 6.07) is 7.91. The highest BCUT2D eigenvalue weighted by molar-refractivity contribution is 5.85. The van der Waals surface area contributed by atoms with Crippen LogP contribution in [0.2, 0.25) is 0 Å². The van der Waals surface area contributed by atoms with Crippen LogP contribution < -0.4 is 11.1 Å². The molecule has 6 heteroatoms. The van der Waals surface area contributed by atoms with Gasteiger partial charge in [0, 0.05) is 23.8 Å². The third-order valence-electron chi connectivity index (χ3n) is 3.67. The van der Waals surface area contributed by atoms with Crippen molar-refractivity contribution in [3.8, 4) is 11.4 Å². The van der Waals surface area contributed by atoms with E-state index in [0.717, 1.165) is 35.5 Å².